The molecule has 0 saturated carbocycles. The van der Waals surface area contributed by atoms with Crippen molar-refractivity contribution in [3.8, 4) is 0 Å². The Bertz CT molecular complexity index is 93.6. The predicted octanol–water partition coefficient (Wildman–Crippen LogP) is 0.856. The third kappa shape index (κ3) is 2.15. The third-order valence-corrected chi connectivity index (χ3v) is 2.81. The van der Waals surface area contributed by atoms with E-state index in [-0.39, 0.29) is 6.04 Å². The van der Waals surface area contributed by atoms with Crippen molar-refractivity contribution < 1.29 is 4.74 Å². The summed E-state index contributed by atoms with van der Waals surface area (Å²) in [6.45, 7) is 2.98. The molecule has 1 unspecified atom stereocenters. The first-order valence-corrected chi connectivity index (χ1v) is 4.95. The first kappa shape index (κ1) is 8.37. The fourth-order valence-corrected chi connectivity index (χ4v) is 1.97. The third-order valence-electron chi connectivity index (χ3n) is 1.79. The van der Waals surface area contributed by atoms with Gasteiger partial charge in [-0.2, -0.15) is 11.8 Å². The van der Waals surface area contributed by atoms with Gasteiger partial charge >= 0.3 is 0 Å². The Morgan fingerprint density at radius 3 is 3.10 bits per heavy atom. The minimum absolute atomic E-state index is 0.243. The van der Waals surface area contributed by atoms with Crippen LogP contribution in [-0.2, 0) is 4.74 Å². The molecular weight excluding hydrogens is 146 g/mol. The molecule has 1 heterocycles. The van der Waals surface area contributed by atoms with Crippen LogP contribution in [0, 0.1) is 0 Å². The average Bonchev–Trinajstić information content (AvgIpc) is 2.05. The lowest BCUT2D eigenvalue weighted by atomic mass is 10.1. The summed E-state index contributed by atoms with van der Waals surface area (Å²) < 4.78 is 5.48. The highest BCUT2D eigenvalue weighted by Gasteiger charge is 2.19. The van der Waals surface area contributed by atoms with Crippen molar-refractivity contribution in [3.63, 3.8) is 0 Å². The number of nitrogens with two attached hydrogens (primary N) is 1. The van der Waals surface area contributed by atoms with Crippen molar-refractivity contribution >= 4 is 11.8 Å². The van der Waals surface area contributed by atoms with E-state index in [1.807, 2.05) is 11.8 Å². The van der Waals surface area contributed by atoms with Crippen molar-refractivity contribution in [2.24, 2.45) is 5.73 Å². The summed E-state index contributed by atoms with van der Waals surface area (Å²) in [6.07, 6.45) is 1.33. The maximum absolute atomic E-state index is 5.81. The van der Waals surface area contributed by atoms with Crippen LogP contribution < -0.4 is 5.73 Å². The Morgan fingerprint density at radius 2 is 2.60 bits per heavy atom. The van der Waals surface area contributed by atoms with Gasteiger partial charge in [0.15, 0.2) is 0 Å². The number of rotatable bonds is 2. The van der Waals surface area contributed by atoms with Crippen LogP contribution in [0.2, 0.25) is 0 Å². The fourth-order valence-electron chi connectivity index (χ4n) is 1.02. The topological polar surface area (TPSA) is 35.2 Å². The van der Waals surface area contributed by atoms with Gasteiger partial charge in [0.25, 0.3) is 0 Å². The number of hydrogen-bond acceptors (Lipinski definition) is 3. The molecule has 1 saturated heterocycles. The van der Waals surface area contributed by atoms with E-state index in [2.05, 4.69) is 6.92 Å². The minimum Gasteiger partial charge on any atom is -0.375 e. The average molecular weight is 161 g/mol. The van der Waals surface area contributed by atoms with Gasteiger partial charge in [0.05, 0.1) is 12.7 Å². The molecule has 10 heavy (non-hydrogen) atoms. The van der Waals surface area contributed by atoms with Gasteiger partial charge in [-0.05, 0) is 6.42 Å². The number of thioether (sulfide) groups is 1. The molecule has 0 aromatic rings. The summed E-state index contributed by atoms with van der Waals surface area (Å²) in [5.41, 5.74) is 5.81. The van der Waals surface area contributed by atoms with Crippen molar-refractivity contribution in [2.75, 3.05) is 18.1 Å². The van der Waals surface area contributed by atoms with Gasteiger partial charge in [0, 0.05) is 17.5 Å². The van der Waals surface area contributed by atoms with Crippen LogP contribution in [0.4, 0.5) is 0 Å². The van der Waals surface area contributed by atoms with Gasteiger partial charge in [0.2, 0.25) is 0 Å². The lowest BCUT2D eigenvalue weighted by molar-refractivity contribution is 0.0563. The minimum atomic E-state index is 0.243. The highest BCUT2D eigenvalue weighted by molar-refractivity contribution is 7.99. The molecule has 0 spiro atoms. The quantitative estimate of drug-likeness (QED) is 0.652. The molecule has 1 rings (SSSR count). The summed E-state index contributed by atoms with van der Waals surface area (Å²) in [7, 11) is 0. The smallest absolute Gasteiger partial charge is 0.0816 e. The second-order valence-electron chi connectivity index (χ2n) is 2.56. The zero-order valence-electron chi connectivity index (χ0n) is 6.38. The largest absolute Gasteiger partial charge is 0.375 e. The predicted molar refractivity (Wildman–Crippen MR) is 45.3 cm³/mol. The van der Waals surface area contributed by atoms with Gasteiger partial charge in [0.1, 0.15) is 0 Å². The zero-order valence-corrected chi connectivity index (χ0v) is 7.19. The Morgan fingerprint density at radius 1 is 1.80 bits per heavy atom. The van der Waals surface area contributed by atoms with Crippen molar-refractivity contribution in [1.29, 1.82) is 0 Å². The summed E-state index contributed by atoms with van der Waals surface area (Å²) >= 11 is 1.94. The second kappa shape index (κ2) is 4.21. The van der Waals surface area contributed by atoms with E-state index in [9.17, 15) is 0 Å². The van der Waals surface area contributed by atoms with Gasteiger partial charge in [-0.25, -0.2) is 0 Å². The molecule has 0 radical (unpaired) electrons. The molecule has 2 nitrogen and oxygen atoms in total. The molecule has 0 aromatic heterocycles. The number of hydrogen-bond donors (Lipinski definition) is 1. The van der Waals surface area contributed by atoms with Crippen LogP contribution in [-0.4, -0.2) is 30.3 Å². The second-order valence-corrected chi connectivity index (χ2v) is 3.71. The summed E-state index contributed by atoms with van der Waals surface area (Å²) in [4.78, 5) is 0. The van der Waals surface area contributed by atoms with Crippen LogP contribution in [0.5, 0.6) is 0 Å². The molecule has 1 aliphatic rings. The van der Waals surface area contributed by atoms with Crippen LogP contribution in [0.15, 0.2) is 0 Å². The molecule has 60 valence electrons. The Labute approximate surface area is 66.5 Å². The van der Waals surface area contributed by atoms with Crippen molar-refractivity contribution in [3.05, 3.63) is 0 Å². The van der Waals surface area contributed by atoms with Crippen LogP contribution >= 0.6 is 11.8 Å². The molecule has 0 bridgehead atoms. The van der Waals surface area contributed by atoms with Gasteiger partial charge < -0.3 is 10.5 Å². The van der Waals surface area contributed by atoms with Gasteiger partial charge in [-0.3, -0.25) is 0 Å². The highest BCUT2D eigenvalue weighted by atomic mass is 32.2. The van der Waals surface area contributed by atoms with E-state index < -0.39 is 0 Å². The maximum Gasteiger partial charge on any atom is 0.0816 e. The maximum atomic E-state index is 5.81. The molecule has 0 aliphatic carbocycles. The number of ether oxygens (including phenoxy) is 1. The normalized spacial score (nSPS) is 30.0. The van der Waals surface area contributed by atoms with Crippen LogP contribution in [0.1, 0.15) is 13.3 Å². The first-order chi connectivity index (χ1) is 4.84. The monoisotopic (exact) mass is 161 g/mol. The van der Waals surface area contributed by atoms with Crippen molar-refractivity contribution in [1.82, 2.24) is 0 Å². The SMILES string of the molecule is CC[C@H](N)C1CSCCO1. The van der Waals surface area contributed by atoms with Crippen LogP contribution in [0.25, 0.3) is 0 Å². The summed E-state index contributed by atoms with van der Waals surface area (Å²) in [5, 5.41) is 0. The molecule has 2 atom stereocenters. The molecule has 1 aliphatic heterocycles. The van der Waals surface area contributed by atoms with Gasteiger partial charge in [-0.1, -0.05) is 6.92 Å². The van der Waals surface area contributed by atoms with E-state index >= 15 is 0 Å². The lowest BCUT2D eigenvalue weighted by Gasteiger charge is -2.26. The zero-order chi connectivity index (χ0) is 7.40. The molecule has 3 heteroatoms. The lowest BCUT2D eigenvalue weighted by Crippen LogP contribution is -2.40. The summed E-state index contributed by atoms with van der Waals surface area (Å²) in [6, 6.07) is 0.243. The van der Waals surface area contributed by atoms with E-state index in [0.717, 1.165) is 24.5 Å². The first-order valence-electron chi connectivity index (χ1n) is 3.79. The molecular formula is C7H15NOS. The van der Waals surface area contributed by atoms with E-state index in [4.69, 9.17) is 10.5 Å². The van der Waals surface area contributed by atoms with E-state index in [1.54, 1.807) is 0 Å². The Balaban J connectivity index is 2.24. The van der Waals surface area contributed by atoms with E-state index in [1.165, 1.54) is 0 Å². The van der Waals surface area contributed by atoms with Gasteiger partial charge in [-0.15, -0.1) is 0 Å². The highest BCUT2D eigenvalue weighted by Crippen LogP contribution is 2.15. The Hall–Kier alpha value is 0.270. The Kier molecular flexibility index (Phi) is 3.52. The van der Waals surface area contributed by atoms with Crippen LogP contribution in [0.3, 0.4) is 0 Å². The molecule has 0 aromatic carbocycles. The molecule has 2 N–H and O–H groups in total. The standard InChI is InChI=1S/C7H15NOS/c1-2-6(8)7-5-10-4-3-9-7/h6-7H,2-5,8H2,1H3/t6-,7?/m0/s1. The fraction of sp³-hybridized carbons (Fsp3) is 1.00. The molecule has 0 amide bonds. The van der Waals surface area contributed by atoms with Crippen molar-refractivity contribution in [2.45, 2.75) is 25.5 Å². The summed E-state index contributed by atoms with van der Waals surface area (Å²) in [5.74, 6) is 2.21. The molecule has 1 fully saturated rings. The van der Waals surface area contributed by atoms with E-state index in [0.29, 0.717) is 6.10 Å².